The van der Waals surface area contributed by atoms with Gasteiger partial charge in [-0.3, -0.25) is 9.69 Å². The fourth-order valence-electron chi connectivity index (χ4n) is 3.14. The van der Waals surface area contributed by atoms with Crippen molar-refractivity contribution < 1.29 is 4.79 Å². The van der Waals surface area contributed by atoms with Gasteiger partial charge in [0.1, 0.15) is 0 Å². The van der Waals surface area contributed by atoms with Crippen LogP contribution in [0.4, 0.5) is 5.69 Å². The molecule has 1 atom stereocenters. The molecular formula is C19H35Cl3N4O. The molecule has 1 aliphatic heterocycles. The third kappa shape index (κ3) is 9.86. The fourth-order valence-corrected chi connectivity index (χ4v) is 3.14. The van der Waals surface area contributed by atoms with Crippen LogP contribution in [0.5, 0.6) is 0 Å². The summed E-state index contributed by atoms with van der Waals surface area (Å²) in [5.74, 6) is 0.182. The van der Waals surface area contributed by atoms with Gasteiger partial charge in [-0.1, -0.05) is 19.1 Å². The Morgan fingerprint density at radius 2 is 1.81 bits per heavy atom. The van der Waals surface area contributed by atoms with E-state index in [1.54, 1.807) is 0 Å². The van der Waals surface area contributed by atoms with Gasteiger partial charge < -0.3 is 15.5 Å². The summed E-state index contributed by atoms with van der Waals surface area (Å²) in [5, 5.41) is 6.07. The highest BCUT2D eigenvalue weighted by Gasteiger charge is 2.17. The van der Waals surface area contributed by atoms with E-state index in [0.717, 1.165) is 52.2 Å². The molecule has 1 aromatic carbocycles. The SMILES string of the molecule is CNCC(C)C(=O)NCCCN1CCN(c2cccc(C)c2)CC1.Cl.Cl.Cl. The van der Waals surface area contributed by atoms with Crippen molar-refractivity contribution in [2.75, 3.05) is 57.8 Å². The largest absolute Gasteiger partial charge is 0.369 e. The van der Waals surface area contributed by atoms with Crippen LogP contribution in [0.3, 0.4) is 0 Å². The van der Waals surface area contributed by atoms with Gasteiger partial charge in [0.25, 0.3) is 0 Å². The minimum atomic E-state index is 0. The van der Waals surface area contributed by atoms with Crippen LogP contribution in [-0.2, 0) is 4.79 Å². The third-order valence-electron chi connectivity index (χ3n) is 4.65. The van der Waals surface area contributed by atoms with Crippen LogP contribution < -0.4 is 15.5 Å². The molecule has 2 rings (SSSR count). The van der Waals surface area contributed by atoms with E-state index in [4.69, 9.17) is 0 Å². The van der Waals surface area contributed by atoms with Gasteiger partial charge >= 0.3 is 0 Å². The molecule has 1 fully saturated rings. The molecule has 1 unspecified atom stereocenters. The first-order valence-electron chi connectivity index (χ1n) is 9.06. The molecule has 1 amide bonds. The first-order chi connectivity index (χ1) is 11.6. The van der Waals surface area contributed by atoms with Crippen molar-refractivity contribution in [1.82, 2.24) is 15.5 Å². The van der Waals surface area contributed by atoms with Crippen molar-refractivity contribution in [3.05, 3.63) is 29.8 Å². The van der Waals surface area contributed by atoms with Gasteiger partial charge in [0.15, 0.2) is 0 Å². The van der Waals surface area contributed by atoms with Crippen LogP contribution in [0.1, 0.15) is 18.9 Å². The van der Waals surface area contributed by atoms with Crippen LogP contribution in [0.15, 0.2) is 24.3 Å². The molecule has 5 nitrogen and oxygen atoms in total. The summed E-state index contributed by atoms with van der Waals surface area (Å²) in [7, 11) is 1.88. The molecule has 0 spiro atoms. The number of hydrogen-bond acceptors (Lipinski definition) is 4. The maximum absolute atomic E-state index is 11.8. The number of rotatable bonds is 8. The predicted octanol–water partition coefficient (Wildman–Crippen LogP) is 2.74. The molecular weight excluding hydrogens is 407 g/mol. The monoisotopic (exact) mass is 440 g/mol. The number of piperazine rings is 1. The normalized spacial score (nSPS) is 15.0. The van der Waals surface area contributed by atoms with E-state index in [1.165, 1.54) is 11.3 Å². The van der Waals surface area contributed by atoms with Crippen molar-refractivity contribution >= 4 is 48.8 Å². The zero-order chi connectivity index (χ0) is 17.4. The van der Waals surface area contributed by atoms with Gasteiger partial charge in [0, 0.05) is 50.9 Å². The second kappa shape index (κ2) is 15.2. The molecule has 0 bridgehead atoms. The topological polar surface area (TPSA) is 47.6 Å². The maximum Gasteiger partial charge on any atom is 0.224 e. The van der Waals surface area contributed by atoms with Crippen LogP contribution in [0.2, 0.25) is 0 Å². The third-order valence-corrected chi connectivity index (χ3v) is 4.65. The summed E-state index contributed by atoms with van der Waals surface area (Å²) in [4.78, 5) is 16.8. The predicted molar refractivity (Wildman–Crippen MR) is 122 cm³/mol. The molecule has 27 heavy (non-hydrogen) atoms. The summed E-state index contributed by atoms with van der Waals surface area (Å²) in [6.07, 6.45) is 1.02. The Bertz CT molecular complexity index is 525. The maximum atomic E-state index is 11.8. The molecule has 0 radical (unpaired) electrons. The van der Waals surface area contributed by atoms with Gasteiger partial charge in [-0.15, -0.1) is 37.2 Å². The standard InChI is InChI=1S/C19H32N4O.3ClH/c1-16-6-4-7-18(14-16)23-12-10-22(11-13-23)9-5-8-21-19(24)17(2)15-20-3;;;/h4,6-7,14,17,20H,5,8-13,15H2,1-3H3,(H,21,24);3*1H. The number of benzene rings is 1. The van der Waals surface area contributed by atoms with E-state index in [0.29, 0.717) is 0 Å². The lowest BCUT2D eigenvalue weighted by Gasteiger charge is -2.36. The molecule has 158 valence electrons. The fraction of sp³-hybridized carbons (Fsp3) is 0.632. The molecule has 0 aromatic heterocycles. The van der Waals surface area contributed by atoms with Gasteiger partial charge in [-0.05, 0) is 44.6 Å². The molecule has 8 heteroatoms. The Hall–Kier alpha value is -0.720. The number of aryl methyl sites for hydroxylation is 1. The molecule has 1 aromatic rings. The highest BCUT2D eigenvalue weighted by molar-refractivity contribution is 5.86. The summed E-state index contributed by atoms with van der Waals surface area (Å²) >= 11 is 0. The zero-order valence-corrected chi connectivity index (χ0v) is 19.0. The van der Waals surface area contributed by atoms with E-state index in [2.05, 4.69) is 51.6 Å². The van der Waals surface area contributed by atoms with Crippen molar-refractivity contribution in [3.8, 4) is 0 Å². The molecule has 0 saturated carbocycles. The first-order valence-corrected chi connectivity index (χ1v) is 9.06. The summed E-state index contributed by atoms with van der Waals surface area (Å²) in [6.45, 7) is 11.0. The van der Waals surface area contributed by atoms with Crippen LogP contribution in [0.25, 0.3) is 0 Å². The van der Waals surface area contributed by atoms with Crippen molar-refractivity contribution in [3.63, 3.8) is 0 Å². The Balaban J connectivity index is 0. The van der Waals surface area contributed by atoms with E-state index >= 15 is 0 Å². The average Bonchev–Trinajstić information content (AvgIpc) is 2.59. The molecule has 1 heterocycles. The Kier molecular flexibility index (Phi) is 16.1. The highest BCUT2D eigenvalue weighted by Crippen LogP contribution is 2.17. The summed E-state index contributed by atoms with van der Waals surface area (Å²) in [5.41, 5.74) is 2.65. The molecule has 1 aliphatic rings. The van der Waals surface area contributed by atoms with E-state index in [-0.39, 0.29) is 49.0 Å². The highest BCUT2D eigenvalue weighted by atomic mass is 35.5. The minimum absolute atomic E-state index is 0. The molecule has 2 N–H and O–H groups in total. The Morgan fingerprint density at radius 3 is 2.41 bits per heavy atom. The lowest BCUT2D eigenvalue weighted by atomic mass is 10.1. The number of nitrogens with zero attached hydrogens (tertiary/aromatic N) is 2. The number of carbonyl (C=O) groups excluding carboxylic acids is 1. The minimum Gasteiger partial charge on any atom is -0.369 e. The van der Waals surface area contributed by atoms with Crippen molar-refractivity contribution in [2.24, 2.45) is 5.92 Å². The van der Waals surface area contributed by atoms with E-state index in [9.17, 15) is 4.79 Å². The average molecular weight is 442 g/mol. The van der Waals surface area contributed by atoms with Gasteiger partial charge in [-0.2, -0.15) is 0 Å². The van der Waals surface area contributed by atoms with Gasteiger partial charge in [-0.25, -0.2) is 0 Å². The molecule has 0 aliphatic carbocycles. The van der Waals surface area contributed by atoms with Gasteiger partial charge in [0.05, 0.1) is 0 Å². The van der Waals surface area contributed by atoms with E-state index in [1.807, 2.05) is 14.0 Å². The second-order valence-corrected chi connectivity index (χ2v) is 6.77. The number of hydrogen-bond donors (Lipinski definition) is 2. The van der Waals surface area contributed by atoms with Crippen molar-refractivity contribution in [2.45, 2.75) is 20.3 Å². The van der Waals surface area contributed by atoms with Crippen molar-refractivity contribution in [1.29, 1.82) is 0 Å². The smallest absolute Gasteiger partial charge is 0.224 e. The van der Waals surface area contributed by atoms with Crippen LogP contribution >= 0.6 is 37.2 Å². The number of carbonyl (C=O) groups is 1. The first kappa shape index (κ1) is 28.5. The van der Waals surface area contributed by atoms with Gasteiger partial charge in [0.2, 0.25) is 5.91 Å². The van der Waals surface area contributed by atoms with E-state index < -0.39 is 0 Å². The summed E-state index contributed by atoms with van der Waals surface area (Å²) in [6, 6.07) is 8.74. The molecule has 1 saturated heterocycles. The second-order valence-electron chi connectivity index (χ2n) is 6.77. The lowest BCUT2D eigenvalue weighted by Crippen LogP contribution is -2.47. The van der Waals surface area contributed by atoms with Crippen LogP contribution in [0, 0.1) is 12.8 Å². The Morgan fingerprint density at radius 1 is 1.15 bits per heavy atom. The quantitative estimate of drug-likeness (QED) is 0.609. The zero-order valence-electron chi connectivity index (χ0n) is 16.6. The van der Waals surface area contributed by atoms with Crippen LogP contribution in [-0.4, -0.2) is 63.7 Å². The lowest BCUT2D eigenvalue weighted by molar-refractivity contribution is -0.124. The number of anilines is 1. The number of amides is 1. The number of halogens is 3. The Labute approximate surface area is 182 Å². The number of nitrogens with one attached hydrogen (secondary N) is 2. The summed E-state index contributed by atoms with van der Waals surface area (Å²) < 4.78 is 0.